The summed E-state index contributed by atoms with van der Waals surface area (Å²) in [6.45, 7) is 1.66. The van der Waals surface area contributed by atoms with Crippen LogP contribution in [0.25, 0.3) is 22.2 Å². The predicted molar refractivity (Wildman–Crippen MR) is 113 cm³/mol. The van der Waals surface area contributed by atoms with Crippen LogP contribution in [0.4, 0.5) is 19.1 Å². The highest BCUT2D eigenvalue weighted by Gasteiger charge is 2.36. The maximum absolute atomic E-state index is 13.7. The fourth-order valence-electron chi connectivity index (χ4n) is 3.69. The van der Waals surface area contributed by atoms with Crippen molar-refractivity contribution < 1.29 is 17.9 Å². The molecule has 1 fully saturated rings. The summed E-state index contributed by atoms with van der Waals surface area (Å²) < 4.78 is 47.1. The highest BCUT2D eigenvalue weighted by molar-refractivity contribution is 9.10. The van der Waals surface area contributed by atoms with E-state index in [4.69, 9.17) is 4.74 Å². The fraction of sp³-hybridized carbons (Fsp3) is 0.400. The molecule has 6 nitrogen and oxygen atoms in total. The number of nitrogens with one attached hydrogen (secondary N) is 3. The number of benzene rings is 1. The minimum atomic E-state index is -4.58. The van der Waals surface area contributed by atoms with Crippen LogP contribution in [0, 0.1) is 0 Å². The molecule has 1 aliphatic heterocycles. The molecule has 0 spiro atoms. The third-order valence-electron chi connectivity index (χ3n) is 5.21. The summed E-state index contributed by atoms with van der Waals surface area (Å²) in [4.78, 5) is 11.3. The largest absolute Gasteiger partial charge is 0.495 e. The minimum absolute atomic E-state index is 0.0680. The van der Waals surface area contributed by atoms with E-state index in [0.29, 0.717) is 26.7 Å². The summed E-state index contributed by atoms with van der Waals surface area (Å²) in [6.07, 6.45) is 0.828. The number of alkyl halides is 3. The Bertz CT molecular complexity index is 1040. The number of hydrogen-bond donors (Lipinski definition) is 3. The lowest BCUT2D eigenvalue weighted by molar-refractivity contribution is -0.137. The summed E-state index contributed by atoms with van der Waals surface area (Å²) in [5, 5.41) is 7.11. The molecule has 0 bridgehead atoms. The van der Waals surface area contributed by atoms with Gasteiger partial charge >= 0.3 is 6.18 Å². The molecule has 0 amide bonds. The zero-order chi connectivity index (χ0) is 21.3. The van der Waals surface area contributed by atoms with Crippen LogP contribution >= 0.6 is 15.9 Å². The van der Waals surface area contributed by atoms with Crippen molar-refractivity contribution in [3.63, 3.8) is 0 Å². The van der Waals surface area contributed by atoms with Gasteiger partial charge < -0.3 is 20.4 Å². The normalized spacial score (nSPS) is 17.7. The molecule has 1 aromatic carbocycles. The number of rotatable bonds is 4. The fourth-order valence-corrected chi connectivity index (χ4v) is 4.31. The molecule has 1 aliphatic rings. The van der Waals surface area contributed by atoms with Crippen molar-refractivity contribution >= 4 is 32.8 Å². The Morgan fingerprint density at radius 2 is 2.10 bits per heavy atom. The average Bonchev–Trinajstić information content (AvgIpc) is 2.98. The van der Waals surface area contributed by atoms with Crippen LogP contribution in [0.3, 0.4) is 0 Å². The van der Waals surface area contributed by atoms with E-state index in [0.717, 1.165) is 38.5 Å². The van der Waals surface area contributed by atoms with Gasteiger partial charge in [-0.2, -0.15) is 13.2 Å². The van der Waals surface area contributed by atoms with E-state index in [-0.39, 0.29) is 17.7 Å². The molecular formula is C20H21BrF3N5O. The number of aromatic nitrogens is 3. The number of aromatic amines is 1. The Morgan fingerprint density at radius 1 is 1.27 bits per heavy atom. The predicted octanol–water partition coefficient (Wildman–Crippen LogP) is 4.97. The Morgan fingerprint density at radius 3 is 2.87 bits per heavy atom. The number of nitrogens with zero attached hydrogens (tertiary/aromatic N) is 2. The molecule has 0 saturated carbocycles. The monoisotopic (exact) mass is 483 g/mol. The molecule has 3 heterocycles. The number of anilines is 1. The van der Waals surface area contributed by atoms with Gasteiger partial charge in [0, 0.05) is 35.9 Å². The van der Waals surface area contributed by atoms with Crippen molar-refractivity contribution in [1.82, 2.24) is 20.3 Å². The SMILES string of the molecule is COc1ccc2c(-c3nc(N[C@H]4CCCCNC4)ncc3C(F)(F)F)c[nH]c2c1Br. The Balaban J connectivity index is 1.79. The summed E-state index contributed by atoms with van der Waals surface area (Å²) in [7, 11) is 1.53. The summed E-state index contributed by atoms with van der Waals surface area (Å²) in [5.74, 6) is 0.770. The number of ether oxygens (including phenoxy) is 1. The average molecular weight is 484 g/mol. The molecule has 160 valence electrons. The maximum Gasteiger partial charge on any atom is 0.419 e. The molecule has 0 aliphatic carbocycles. The van der Waals surface area contributed by atoms with Crippen LogP contribution in [-0.2, 0) is 6.18 Å². The van der Waals surface area contributed by atoms with Crippen LogP contribution in [0.1, 0.15) is 24.8 Å². The summed E-state index contributed by atoms with van der Waals surface area (Å²) >= 11 is 3.44. The van der Waals surface area contributed by atoms with Crippen LogP contribution in [-0.4, -0.2) is 41.2 Å². The minimum Gasteiger partial charge on any atom is -0.495 e. The summed E-state index contributed by atoms with van der Waals surface area (Å²) in [5.41, 5.74) is -0.0477. The molecule has 0 unspecified atom stereocenters. The second-order valence-corrected chi connectivity index (χ2v) is 7.99. The van der Waals surface area contributed by atoms with Crippen molar-refractivity contribution in [1.29, 1.82) is 0 Å². The topological polar surface area (TPSA) is 74.9 Å². The Hall–Kier alpha value is -2.33. The lowest BCUT2D eigenvalue weighted by Crippen LogP contribution is -2.31. The van der Waals surface area contributed by atoms with E-state index < -0.39 is 11.7 Å². The van der Waals surface area contributed by atoms with Crippen molar-refractivity contribution in [3.05, 3.63) is 34.6 Å². The van der Waals surface area contributed by atoms with E-state index in [1.807, 2.05) is 0 Å². The zero-order valence-electron chi connectivity index (χ0n) is 16.2. The van der Waals surface area contributed by atoms with Gasteiger partial charge in [0.05, 0.1) is 22.8 Å². The third kappa shape index (κ3) is 4.11. The van der Waals surface area contributed by atoms with E-state index in [2.05, 4.69) is 41.5 Å². The highest BCUT2D eigenvalue weighted by Crippen LogP contribution is 2.41. The lowest BCUT2D eigenvalue weighted by Gasteiger charge is -2.18. The molecule has 1 atom stereocenters. The van der Waals surface area contributed by atoms with Crippen molar-refractivity contribution in [2.24, 2.45) is 0 Å². The van der Waals surface area contributed by atoms with Gasteiger partial charge in [0.25, 0.3) is 0 Å². The van der Waals surface area contributed by atoms with Crippen LogP contribution in [0.15, 0.2) is 29.0 Å². The zero-order valence-corrected chi connectivity index (χ0v) is 17.8. The first-order chi connectivity index (χ1) is 14.4. The number of H-pyrrole nitrogens is 1. The van der Waals surface area contributed by atoms with Crippen molar-refractivity contribution in [2.45, 2.75) is 31.5 Å². The van der Waals surface area contributed by atoms with E-state index >= 15 is 0 Å². The first kappa shape index (κ1) is 20.9. The third-order valence-corrected chi connectivity index (χ3v) is 5.99. The summed E-state index contributed by atoms with van der Waals surface area (Å²) in [6, 6.07) is 3.49. The molecule has 4 rings (SSSR count). The van der Waals surface area contributed by atoms with Crippen LogP contribution < -0.4 is 15.4 Å². The van der Waals surface area contributed by atoms with E-state index in [9.17, 15) is 13.2 Å². The number of halogens is 4. The van der Waals surface area contributed by atoms with Crippen molar-refractivity contribution in [3.8, 4) is 17.0 Å². The van der Waals surface area contributed by atoms with Gasteiger partial charge in [0.15, 0.2) is 0 Å². The molecule has 1 saturated heterocycles. The van der Waals surface area contributed by atoms with E-state index in [1.165, 1.54) is 13.3 Å². The Labute approximate surface area is 179 Å². The standard InChI is InChI=1S/C20H21BrF3N5O/c1-30-15-6-5-12-13(9-26-18(12)16(15)21)17-14(20(22,23)24)10-27-19(29-17)28-11-4-2-3-7-25-8-11/h5-6,9-11,25-26H,2-4,7-8H2,1H3,(H,27,28,29)/t11-/m0/s1. The van der Waals surface area contributed by atoms with Gasteiger partial charge in [-0.15, -0.1) is 0 Å². The molecule has 0 radical (unpaired) electrons. The molecule has 30 heavy (non-hydrogen) atoms. The van der Waals surface area contributed by atoms with E-state index in [1.54, 1.807) is 12.1 Å². The van der Waals surface area contributed by atoms with Gasteiger partial charge in [-0.25, -0.2) is 9.97 Å². The number of hydrogen-bond acceptors (Lipinski definition) is 5. The molecule has 2 aromatic heterocycles. The van der Waals surface area contributed by atoms with Crippen LogP contribution in [0.2, 0.25) is 0 Å². The molecule has 3 N–H and O–H groups in total. The first-order valence-corrected chi connectivity index (χ1v) is 10.4. The number of methoxy groups -OCH3 is 1. The smallest absolute Gasteiger partial charge is 0.419 e. The van der Waals surface area contributed by atoms with Gasteiger partial charge in [0.1, 0.15) is 11.3 Å². The highest BCUT2D eigenvalue weighted by atomic mass is 79.9. The quantitative estimate of drug-likeness (QED) is 0.488. The van der Waals surface area contributed by atoms with Crippen molar-refractivity contribution in [2.75, 3.05) is 25.5 Å². The molecular weight excluding hydrogens is 463 g/mol. The first-order valence-electron chi connectivity index (χ1n) is 9.64. The molecule has 10 heteroatoms. The number of fused-ring (bicyclic) bond motifs is 1. The molecule has 3 aromatic rings. The van der Waals surface area contributed by atoms with Gasteiger partial charge in [-0.3, -0.25) is 0 Å². The lowest BCUT2D eigenvalue weighted by atomic mass is 10.1. The van der Waals surface area contributed by atoms with Gasteiger partial charge in [0.2, 0.25) is 5.95 Å². The van der Waals surface area contributed by atoms with Gasteiger partial charge in [-0.05, 0) is 47.4 Å². The second-order valence-electron chi connectivity index (χ2n) is 7.20. The Kier molecular flexibility index (Phi) is 5.88. The van der Waals surface area contributed by atoms with Gasteiger partial charge in [-0.1, -0.05) is 6.42 Å². The van der Waals surface area contributed by atoms with Crippen LogP contribution in [0.5, 0.6) is 5.75 Å². The maximum atomic E-state index is 13.7. The second kappa shape index (κ2) is 8.43.